The summed E-state index contributed by atoms with van der Waals surface area (Å²) in [6.07, 6.45) is -4.66. The lowest BCUT2D eigenvalue weighted by Crippen LogP contribution is -2.49. The molecule has 1 fully saturated rings. The Morgan fingerprint density at radius 1 is 1.07 bits per heavy atom. The van der Waals surface area contributed by atoms with Crippen LogP contribution in [0.3, 0.4) is 0 Å². The molecule has 10 heteroatoms. The number of hydrogen-bond acceptors (Lipinski definition) is 5. The zero-order valence-electron chi connectivity index (χ0n) is 16.5. The average Bonchev–Trinajstić information content (AvgIpc) is 2.72. The van der Waals surface area contributed by atoms with Gasteiger partial charge in [0.2, 0.25) is 0 Å². The van der Waals surface area contributed by atoms with Crippen LogP contribution < -0.4 is 9.80 Å². The molecule has 0 atom stereocenters. The number of hydrogen-bond donors (Lipinski definition) is 0. The van der Waals surface area contributed by atoms with E-state index < -0.39 is 22.4 Å². The van der Waals surface area contributed by atoms with E-state index in [0.717, 1.165) is 17.8 Å². The molecule has 0 aromatic heterocycles. The second-order valence-corrected chi connectivity index (χ2v) is 7.18. The van der Waals surface area contributed by atoms with Crippen molar-refractivity contribution in [1.82, 2.24) is 4.90 Å². The molecule has 0 bridgehead atoms. The zero-order chi connectivity index (χ0) is 22.1. The molecule has 30 heavy (non-hydrogen) atoms. The third-order valence-electron chi connectivity index (χ3n) is 5.02. The van der Waals surface area contributed by atoms with E-state index in [9.17, 15) is 28.1 Å². The van der Waals surface area contributed by atoms with Gasteiger partial charge in [0.1, 0.15) is 5.69 Å². The van der Waals surface area contributed by atoms with Crippen LogP contribution in [0.4, 0.5) is 30.2 Å². The molecule has 1 aliphatic rings. The first kappa shape index (κ1) is 21.4. The van der Waals surface area contributed by atoms with Gasteiger partial charge in [0.15, 0.2) is 0 Å². The van der Waals surface area contributed by atoms with E-state index in [0.29, 0.717) is 24.7 Å². The van der Waals surface area contributed by atoms with Crippen LogP contribution in [-0.2, 0) is 6.18 Å². The third kappa shape index (κ3) is 4.47. The second kappa shape index (κ2) is 8.21. The summed E-state index contributed by atoms with van der Waals surface area (Å²) in [6, 6.07) is 9.71. The number of carbonyl (C=O) groups excluding carboxylic acids is 1. The zero-order valence-corrected chi connectivity index (χ0v) is 16.5. The van der Waals surface area contributed by atoms with Crippen molar-refractivity contribution in [1.29, 1.82) is 0 Å². The van der Waals surface area contributed by atoms with Crippen molar-refractivity contribution < 1.29 is 22.9 Å². The summed E-state index contributed by atoms with van der Waals surface area (Å²) < 4.78 is 38.7. The Balaban J connectivity index is 1.75. The van der Waals surface area contributed by atoms with Crippen LogP contribution in [-0.4, -0.2) is 56.0 Å². The highest BCUT2D eigenvalue weighted by Crippen LogP contribution is 2.36. The van der Waals surface area contributed by atoms with Crippen molar-refractivity contribution in [3.63, 3.8) is 0 Å². The smallest absolute Gasteiger partial charge is 0.378 e. The molecular formula is C20H21F3N4O3. The molecule has 1 amide bonds. The molecule has 0 radical (unpaired) electrons. The molecule has 7 nitrogen and oxygen atoms in total. The molecular weight excluding hydrogens is 401 g/mol. The summed E-state index contributed by atoms with van der Waals surface area (Å²) >= 11 is 0. The molecule has 1 aliphatic heterocycles. The van der Waals surface area contributed by atoms with Gasteiger partial charge >= 0.3 is 6.18 Å². The highest BCUT2D eigenvalue weighted by molar-refractivity contribution is 5.95. The Labute approximate surface area is 171 Å². The molecule has 0 N–H and O–H groups in total. The van der Waals surface area contributed by atoms with E-state index in [1.54, 1.807) is 28.0 Å². The van der Waals surface area contributed by atoms with Gasteiger partial charge in [0.25, 0.3) is 11.6 Å². The van der Waals surface area contributed by atoms with Crippen molar-refractivity contribution >= 4 is 23.0 Å². The standard InChI is InChI=1S/C20H21F3N4O3/c1-24(2)16-5-3-4-14(12-16)19(28)26-10-8-25(9-11-26)17-7-6-15(20(21,22)23)13-18(17)27(29)30/h3-7,12-13H,8-11H2,1-2H3. The van der Waals surface area contributed by atoms with Crippen LogP contribution in [0, 0.1) is 10.1 Å². The van der Waals surface area contributed by atoms with Gasteiger partial charge in [0.05, 0.1) is 10.5 Å². The highest BCUT2D eigenvalue weighted by atomic mass is 19.4. The fraction of sp³-hybridized carbons (Fsp3) is 0.350. The lowest BCUT2D eigenvalue weighted by atomic mass is 10.1. The number of amides is 1. The SMILES string of the molecule is CN(C)c1cccc(C(=O)N2CCN(c3ccc(C(F)(F)F)cc3[N+](=O)[O-])CC2)c1. The molecule has 2 aromatic rings. The minimum atomic E-state index is -4.66. The summed E-state index contributed by atoms with van der Waals surface area (Å²) in [5, 5.41) is 11.3. The largest absolute Gasteiger partial charge is 0.416 e. The Hall–Kier alpha value is -3.30. The van der Waals surface area contributed by atoms with Crippen molar-refractivity contribution in [2.24, 2.45) is 0 Å². The first-order chi connectivity index (χ1) is 14.1. The number of nitrogens with zero attached hydrogens (tertiary/aromatic N) is 4. The Kier molecular flexibility index (Phi) is 5.86. The lowest BCUT2D eigenvalue weighted by molar-refractivity contribution is -0.384. The van der Waals surface area contributed by atoms with Crippen LogP contribution in [0.5, 0.6) is 0 Å². The number of anilines is 2. The number of nitro groups is 1. The van der Waals surface area contributed by atoms with E-state index in [2.05, 4.69) is 0 Å². The van der Waals surface area contributed by atoms with Crippen molar-refractivity contribution in [2.45, 2.75) is 6.18 Å². The molecule has 1 heterocycles. The topological polar surface area (TPSA) is 69.9 Å². The number of piperazine rings is 1. The normalized spacial score (nSPS) is 14.6. The monoisotopic (exact) mass is 422 g/mol. The van der Waals surface area contributed by atoms with Crippen LogP contribution >= 0.6 is 0 Å². The maximum atomic E-state index is 12.9. The van der Waals surface area contributed by atoms with Gasteiger partial charge in [-0.25, -0.2) is 0 Å². The first-order valence-electron chi connectivity index (χ1n) is 9.25. The average molecular weight is 422 g/mol. The summed E-state index contributed by atoms with van der Waals surface area (Å²) in [5.41, 5.74) is -0.111. The number of carbonyl (C=O) groups is 1. The van der Waals surface area contributed by atoms with E-state index in [1.165, 1.54) is 0 Å². The minimum absolute atomic E-state index is 0.120. The van der Waals surface area contributed by atoms with Gasteiger partial charge in [-0.3, -0.25) is 14.9 Å². The third-order valence-corrected chi connectivity index (χ3v) is 5.02. The molecule has 0 saturated carbocycles. The van der Waals surface area contributed by atoms with Crippen LogP contribution in [0.15, 0.2) is 42.5 Å². The lowest BCUT2D eigenvalue weighted by Gasteiger charge is -2.36. The van der Waals surface area contributed by atoms with Crippen LogP contribution in [0.25, 0.3) is 0 Å². The Morgan fingerprint density at radius 3 is 2.30 bits per heavy atom. The molecule has 1 saturated heterocycles. The summed E-state index contributed by atoms with van der Waals surface area (Å²) in [5.74, 6) is -0.153. The molecule has 0 unspecified atom stereocenters. The number of rotatable bonds is 4. The fourth-order valence-corrected chi connectivity index (χ4v) is 3.36. The van der Waals surface area contributed by atoms with Gasteiger partial charge in [-0.05, 0) is 30.3 Å². The number of benzene rings is 2. The summed E-state index contributed by atoms with van der Waals surface area (Å²) in [7, 11) is 3.75. The molecule has 3 rings (SSSR count). The van der Waals surface area contributed by atoms with Gasteiger partial charge in [-0.2, -0.15) is 13.2 Å². The van der Waals surface area contributed by atoms with E-state index in [-0.39, 0.29) is 24.7 Å². The minimum Gasteiger partial charge on any atom is -0.378 e. The van der Waals surface area contributed by atoms with Crippen LogP contribution in [0.2, 0.25) is 0 Å². The maximum absolute atomic E-state index is 12.9. The second-order valence-electron chi connectivity index (χ2n) is 7.18. The predicted octanol–water partition coefficient (Wildman–Crippen LogP) is 3.64. The number of alkyl halides is 3. The quantitative estimate of drug-likeness (QED) is 0.556. The van der Waals surface area contributed by atoms with Crippen molar-refractivity contribution in [3.8, 4) is 0 Å². The molecule has 0 aliphatic carbocycles. The van der Waals surface area contributed by atoms with Crippen molar-refractivity contribution in [3.05, 3.63) is 63.7 Å². The van der Waals surface area contributed by atoms with Crippen molar-refractivity contribution in [2.75, 3.05) is 50.1 Å². The van der Waals surface area contributed by atoms with E-state index in [1.807, 2.05) is 25.1 Å². The predicted molar refractivity (Wildman–Crippen MR) is 107 cm³/mol. The highest BCUT2D eigenvalue weighted by Gasteiger charge is 2.34. The van der Waals surface area contributed by atoms with Gasteiger partial charge < -0.3 is 14.7 Å². The summed E-state index contributed by atoms with van der Waals surface area (Å²) in [6.45, 7) is 1.18. The number of halogens is 3. The maximum Gasteiger partial charge on any atom is 0.416 e. The van der Waals surface area contributed by atoms with Gasteiger partial charge in [0, 0.05) is 57.6 Å². The van der Waals surface area contributed by atoms with Gasteiger partial charge in [-0.1, -0.05) is 6.07 Å². The molecule has 2 aromatic carbocycles. The fourth-order valence-electron chi connectivity index (χ4n) is 3.36. The first-order valence-corrected chi connectivity index (χ1v) is 9.25. The summed E-state index contributed by atoms with van der Waals surface area (Å²) in [4.78, 5) is 28.5. The Bertz CT molecular complexity index is 955. The molecule has 160 valence electrons. The van der Waals surface area contributed by atoms with E-state index in [4.69, 9.17) is 0 Å². The van der Waals surface area contributed by atoms with Crippen LogP contribution in [0.1, 0.15) is 15.9 Å². The van der Waals surface area contributed by atoms with Gasteiger partial charge in [-0.15, -0.1) is 0 Å². The Morgan fingerprint density at radius 2 is 1.73 bits per heavy atom. The van der Waals surface area contributed by atoms with E-state index >= 15 is 0 Å². The number of nitro benzene ring substituents is 1. The molecule has 0 spiro atoms.